The predicted molar refractivity (Wildman–Crippen MR) is 170 cm³/mol. The van der Waals surface area contributed by atoms with Crippen LogP contribution in [0.2, 0.25) is 0 Å². The van der Waals surface area contributed by atoms with Crippen molar-refractivity contribution >= 4 is 27.2 Å². The highest BCUT2D eigenvalue weighted by Crippen LogP contribution is 2.44. The Balaban J connectivity index is 1.59. The fraction of sp³-hybridized carbons (Fsp3) is 0. The Kier molecular flexibility index (Phi) is 5.49. The van der Waals surface area contributed by atoms with Crippen LogP contribution in [0.1, 0.15) is 0 Å². The van der Waals surface area contributed by atoms with Crippen molar-refractivity contribution in [2.75, 3.05) is 0 Å². The van der Waals surface area contributed by atoms with Crippen molar-refractivity contribution in [3.63, 3.8) is 0 Å². The van der Waals surface area contributed by atoms with Gasteiger partial charge in [0.15, 0.2) is 6.20 Å². The molecule has 41 heavy (non-hydrogen) atoms. The summed E-state index contributed by atoms with van der Waals surface area (Å²) < 4.78 is 2.35. The van der Waals surface area contributed by atoms with E-state index in [0.29, 0.717) is 0 Å². The molecule has 8 aromatic rings. The third-order valence-electron chi connectivity index (χ3n) is 7.99. The average Bonchev–Trinajstić information content (AvgIpc) is 3.45. The summed E-state index contributed by atoms with van der Waals surface area (Å²) in [5.41, 5.74) is 11.4. The van der Waals surface area contributed by atoms with Crippen molar-refractivity contribution in [3.05, 3.63) is 158 Å². The number of nitrogens with zero attached hydrogens (tertiary/aromatic N) is 2. The summed E-state index contributed by atoms with van der Waals surface area (Å²) in [6, 6.07) is 53.7. The first-order valence-corrected chi connectivity index (χ1v) is 14.0. The third kappa shape index (κ3) is 3.76. The number of rotatable bonds is 4. The zero-order chi connectivity index (χ0) is 27.2. The van der Waals surface area contributed by atoms with Crippen LogP contribution in [-0.4, -0.2) is 0 Å². The van der Waals surface area contributed by atoms with Gasteiger partial charge in [0.05, 0.1) is 5.56 Å². The van der Waals surface area contributed by atoms with Crippen LogP contribution < -0.4 is 9.38 Å². The Morgan fingerprint density at radius 3 is 1.56 bits per heavy atom. The number of pyridine rings is 2. The van der Waals surface area contributed by atoms with Gasteiger partial charge in [0, 0.05) is 28.5 Å². The highest BCUT2D eigenvalue weighted by molar-refractivity contribution is 6.21. The second kappa shape index (κ2) is 9.62. The highest BCUT2D eigenvalue weighted by atomic mass is 14.9. The van der Waals surface area contributed by atoms with Gasteiger partial charge in [0.2, 0.25) is 11.2 Å². The van der Waals surface area contributed by atoms with Gasteiger partial charge in [-0.2, -0.15) is 4.40 Å². The van der Waals surface area contributed by atoms with Crippen molar-refractivity contribution in [1.29, 1.82) is 0 Å². The van der Waals surface area contributed by atoms with Crippen molar-refractivity contribution in [3.8, 4) is 44.8 Å². The fourth-order valence-electron chi connectivity index (χ4n) is 6.24. The Hall–Kier alpha value is -5.47. The van der Waals surface area contributed by atoms with E-state index in [2.05, 4.69) is 162 Å². The molecule has 0 aliphatic carbocycles. The lowest BCUT2D eigenvalue weighted by Gasteiger charge is -2.15. The lowest BCUT2D eigenvalue weighted by atomic mass is 9.91. The minimum Gasteiger partial charge on any atom is -0.656 e. The van der Waals surface area contributed by atoms with Crippen LogP contribution in [0, 0.1) is 0 Å². The molecule has 0 saturated carbocycles. The number of aromatic nitrogens is 2. The molecule has 0 aliphatic heterocycles. The maximum Gasteiger partial charge on any atom is 0.226 e. The van der Waals surface area contributed by atoms with Crippen molar-refractivity contribution in [2.45, 2.75) is 0 Å². The molecule has 0 radical (unpaired) electrons. The number of fused-ring (bicyclic) bond motifs is 5. The Morgan fingerprint density at radius 2 is 0.927 bits per heavy atom. The molecule has 0 unspecified atom stereocenters. The lowest BCUT2D eigenvalue weighted by Crippen LogP contribution is -2.26. The number of hydrogen-bond acceptors (Lipinski definition) is 0. The standard InChI is InChI=1S/C39H26N2/c1-5-15-27(16-6-1)34-32-25-24-31-35(28-17-7-2-8-18-28)39(30-21-11-4-12-22-30)41-26-14-13-23-33(41)36(31)38(32)40-37(34)29-19-9-3-10-20-29/h1-26H. The fourth-order valence-corrected chi connectivity index (χ4v) is 6.24. The Morgan fingerprint density at radius 1 is 0.415 bits per heavy atom. The van der Waals surface area contributed by atoms with Crippen LogP contribution >= 0.6 is 0 Å². The van der Waals surface area contributed by atoms with Gasteiger partial charge in [-0.1, -0.05) is 121 Å². The van der Waals surface area contributed by atoms with Gasteiger partial charge in [-0.15, -0.1) is 11.2 Å². The zero-order valence-corrected chi connectivity index (χ0v) is 22.4. The van der Waals surface area contributed by atoms with E-state index in [1.54, 1.807) is 0 Å². The van der Waals surface area contributed by atoms with Crippen molar-refractivity contribution < 1.29 is 4.40 Å². The van der Waals surface area contributed by atoms with E-state index in [9.17, 15) is 0 Å². The Labute approximate surface area is 238 Å². The van der Waals surface area contributed by atoms with E-state index in [1.165, 1.54) is 49.7 Å². The largest absolute Gasteiger partial charge is 0.656 e. The van der Waals surface area contributed by atoms with Crippen LogP contribution in [-0.2, 0) is 0 Å². The number of benzene rings is 5. The molecule has 0 bridgehead atoms. The summed E-state index contributed by atoms with van der Waals surface area (Å²) in [5.74, 6) is 0. The molecule has 0 fully saturated rings. The lowest BCUT2D eigenvalue weighted by molar-refractivity contribution is -0.497. The number of hydrogen-bond donors (Lipinski definition) is 0. The Bertz CT molecular complexity index is 2160. The maximum atomic E-state index is 5.46. The SMILES string of the molecule is c1ccc(-c2[n-]c3c(ccc4c(-c5ccccc5)c(-c5ccccc5)[n+]5ccccc5c43)c2-c2ccccc2)cc1. The van der Waals surface area contributed by atoms with Crippen molar-refractivity contribution in [1.82, 2.24) is 4.98 Å². The van der Waals surface area contributed by atoms with E-state index < -0.39 is 0 Å². The molecule has 0 N–H and O–H groups in total. The van der Waals surface area contributed by atoms with Gasteiger partial charge < -0.3 is 4.98 Å². The van der Waals surface area contributed by atoms with Crippen LogP contribution in [0.3, 0.4) is 0 Å². The molecule has 2 heteroatoms. The van der Waals surface area contributed by atoms with E-state index >= 15 is 0 Å². The first kappa shape index (κ1) is 23.4. The van der Waals surface area contributed by atoms with E-state index in [1.807, 2.05) is 0 Å². The molecule has 0 spiro atoms. The summed E-state index contributed by atoms with van der Waals surface area (Å²) in [6.45, 7) is 0. The zero-order valence-electron chi connectivity index (χ0n) is 22.4. The topological polar surface area (TPSA) is 18.2 Å². The molecule has 3 heterocycles. The summed E-state index contributed by atoms with van der Waals surface area (Å²) in [7, 11) is 0. The molecule has 5 aromatic carbocycles. The molecule has 0 amide bonds. The smallest absolute Gasteiger partial charge is 0.226 e. The molecule has 0 saturated heterocycles. The molecule has 192 valence electrons. The van der Waals surface area contributed by atoms with Crippen molar-refractivity contribution in [2.24, 2.45) is 0 Å². The first-order chi connectivity index (χ1) is 20.4. The van der Waals surface area contributed by atoms with E-state index in [4.69, 9.17) is 4.98 Å². The first-order valence-electron chi connectivity index (χ1n) is 14.0. The maximum absolute atomic E-state index is 5.46. The quantitative estimate of drug-likeness (QED) is 0.166. The predicted octanol–water partition coefficient (Wildman–Crippen LogP) is 9.36. The second-order valence-corrected chi connectivity index (χ2v) is 10.4. The van der Waals surface area contributed by atoms with E-state index in [0.717, 1.165) is 22.3 Å². The molecular formula is C39H26N2. The van der Waals surface area contributed by atoms with E-state index in [-0.39, 0.29) is 0 Å². The normalized spacial score (nSPS) is 11.4. The minimum absolute atomic E-state index is 1.02. The second-order valence-electron chi connectivity index (χ2n) is 10.4. The molecular weight excluding hydrogens is 496 g/mol. The highest BCUT2D eigenvalue weighted by Gasteiger charge is 2.25. The summed E-state index contributed by atoms with van der Waals surface area (Å²) in [6.07, 6.45) is 2.18. The summed E-state index contributed by atoms with van der Waals surface area (Å²) in [4.78, 5) is 5.46. The van der Waals surface area contributed by atoms with Gasteiger partial charge in [0.25, 0.3) is 0 Å². The van der Waals surface area contributed by atoms with Crippen LogP contribution in [0.5, 0.6) is 0 Å². The third-order valence-corrected chi connectivity index (χ3v) is 7.99. The van der Waals surface area contributed by atoms with Crippen LogP contribution in [0.25, 0.3) is 72.0 Å². The minimum atomic E-state index is 1.02. The summed E-state index contributed by atoms with van der Waals surface area (Å²) >= 11 is 0. The molecule has 8 rings (SSSR count). The molecule has 0 aliphatic rings. The molecule has 0 atom stereocenters. The van der Waals surface area contributed by atoms with Crippen LogP contribution in [0.4, 0.5) is 0 Å². The van der Waals surface area contributed by atoms with Crippen LogP contribution in [0.15, 0.2) is 158 Å². The molecule has 2 nitrogen and oxygen atoms in total. The van der Waals surface area contributed by atoms with Gasteiger partial charge in [-0.05, 0) is 45.8 Å². The van der Waals surface area contributed by atoms with Gasteiger partial charge >= 0.3 is 0 Å². The van der Waals surface area contributed by atoms with Gasteiger partial charge in [-0.3, -0.25) is 0 Å². The van der Waals surface area contributed by atoms with Gasteiger partial charge in [-0.25, -0.2) is 0 Å². The monoisotopic (exact) mass is 522 g/mol. The summed E-state index contributed by atoms with van der Waals surface area (Å²) in [5, 5.41) is 3.53. The molecule has 3 aromatic heterocycles. The average molecular weight is 523 g/mol. The van der Waals surface area contributed by atoms with Gasteiger partial charge in [0.1, 0.15) is 0 Å².